The van der Waals surface area contributed by atoms with Gasteiger partial charge in [0.2, 0.25) is 0 Å². The second kappa shape index (κ2) is 11.3. The average molecular weight is 449 g/mol. The lowest BCUT2D eigenvalue weighted by molar-refractivity contribution is 0.156. The molecule has 1 aliphatic carbocycles. The van der Waals surface area contributed by atoms with Crippen LogP contribution in [0.3, 0.4) is 0 Å². The van der Waals surface area contributed by atoms with Crippen LogP contribution in [0.15, 0.2) is 48.7 Å². The lowest BCUT2D eigenvalue weighted by Crippen LogP contribution is -2.54. The standard InChI is InChI=1S/C26H36N6O/c27-25(28)20-8-7-12-24(18-20)32(23-10-3-1-2-4-11-23)26(33)31(22-13-16-29-17-14-22)19-21-9-5-6-15-30-21/h5-9,12,15,18,22-23,29H,1-4,10-11,13-14,16-17,19H2,(H3,27,28). The highest BCUT2D eigenvalue weighted by molar-refractivity contribution is 5.98. The molecule has 7 heteroatoms. The van der Waals surface area contributed by atoms with E-state index in [4.69, 9.17) is 11.1 Å². The minimum atomic E-state index is 0.0220. The maximum absolute atomic E-state index is 14.4. The Kier molecular flexibility index (Phi) is 7.94. The number of nitrogens with two attached hydrogens (primary N) is 1. The van der Waals surface area contributed by atoms with Gasteiger partial charge >= 0.3 is 6.03 Å². The molecule has 0 unspecified atom stereocenters. The molecule has 1 aromatic heterocycles. The number of amides is 2. The number of hydrogen-bond donors (Lipinski definition) is 3. The Morgan fingerprint density at radius 2 is 1.76 bits per heavy atom. The first-order chi connectivity index (χ1) is 16.1. The number of amidine groups is 1. The lowest BCUT2D eigenvalue weighted by atomic mass is 10.0. The van der Waals surface area contributed by atoms with E-state index in [0.717, 1.165) is 63.0 Å². The van der Waals surface area contributed by atoms with Crippen LogP contribution in [0.1, 0.15) is 62.6 Å². The minimum absolute atomic E-state index is 0.0220. The zero-order chi connectivity index (χ0) is 23.0. The Bertz CT molecular complexity index is 919. The molecule has 4 N–H and O–H groups in total. The number of nitrogens with zero attached hydrogens (tertiary/aromatic N) is 3. The third kappa shape index (κ3) is 5.90. The number of rotatable bonds is 6. The Hall–Kier alpha value is -2.93. The second-order valence-electron chi connectivity index (χ2n) is 9.19. The number of aromatic nitrogens is 1. The first-order valence-electron chi connectivity index (χ1n) is 12.3. The van der Waals surface area contributed by atoms with Gasteiger partial charge in [0.1, 0.15) is 5.84 Å². The van der Waals surface area contributed by atoms with Crippen LogP contribution in [0.5, 0.6) is 0 Å². The van der Waals surface area contributed by atoms with Gasteiger partial charge in [0.25, 0.3) is 0 Å². The molecule has 2 heterocycles. The van der Waals surface area contributed by atoms with Crippen LogP contribution in [0, 0.1) is 5.41 Å². The maximum Gasteiger partial charge on any atom is 0.325 e. The molecule has 2 aromatic rings. The number of pyridine rings is 1. The van der Waals surface area contributed by atoms with Crippen molar-refractivity contribution >= 4 is 17.6 Å². The van der Waals surface area contributed by atoms with E-state index in [0.29, 0.717) is 12.1 Å². The topological polar surface area (TPSA) is 98.3 Å². The van der Waals surface area contributed by atoms with Crippen LogP contribution in [0.4, 0.5) is 10.5 Å². The Balaban J connectivity index is 1.71. The van der Waals surface area contributed by atoms with Gasteiger partial charge in [-0.3, -0.25) is 15.3 Å². The summed E-state index contributed by atoms with van der Waals surface area (Å²) >= 11 is 0. The fourth-order valence-electron chi connectivity index (χ4n) is 5.09. The minimum Gasteiger partial charge on any atom is -0.384 e. The van der Waals surface area contributed by atoms with E-state index in [1.54, 1.807) is 6.20 Å². The molecule has 1 aromatic carbocycles. The van der Waals surface area contributed by atoms with E-state index in [9.17, 15) is 4.79 Å². The summed E-state index contributed by atoms with van der Waals surface area (Å²) in [4.78, 5) is 22.9. The molecular formula is C26H36N6O. The molecule has 1 saturated heterocycles. The van der Waals surface area contributed by atoms with Crippen LogP contribution in [-0.2, 0) is 6.54 Å². The number of urea groups is 1. The zero-order valence-electron chi connectivity index (χ0n) is 19.4. The van der Waals surface area contributed by atoms with Gasteiger partial charge in [-0.2, -0.15) is 0 Å². The van der Waals surface area contributed by atoms with Crippen molar-refractivity contribution in [1.29, 1.82) is 5.41 Å². The summed E-state index contributed by atoms with van der Waals surface area (Å²) in [6, 6.07) is 13.9. The van der Waals surface area contributed by atoms with Crippen molar-refractivity contribution in [2.24, 2.45) is 5.73 Å². The number of nitrogens with one attached hydrogen (secondary N) is 2. The van der Waals surface area contributed by atoms with Crippen molar-refractivity contribution in [2.75, 3.05) is 18.0 Å². The van der Waals surface area contributed by atoms with Gasteiger partial charge in [0, 0.05) is 29.5 Å². The smallest absolute Gasteiger partial charge is 0.325 e. The van der Waals surface area contributed by atoms with Crippen molar-refractivity contribution in [1.82, 2.24) is 15.2 Å². The normalized spacial score (nSPS) is 17.8. The fourth-order valence-corrected chi connectivity index (χ4v) is 5.09. The molecule has 0 bridgehead atoms. The molecular weight excluding hydrogens is 412 g/mol. The van der Waals surface area contributed by atoms with E-state index in [2.05, 4.69) is 10.3 Å². The van der Waals surface area contributed by atoms with Crippen molar-refractivity contribution in [3.05, 3.63) is 59.9 Å². The van der Waals surface area contributed by atoms with E-state index < -0.39 is 0 Å². The second-order valence-corrected chi connectivity index (χ2v) is 9.19. The SMILES string of the molecule is N=C(N)c1cccc(N(C(=O)N(Cc2ccccn2)C2CCNCC2)C2CCCCCC2)c1. The fraction of sp³-hybridized carbons (Fsp3) is 0.500. The van der Waals surface area contributed by atoms with Crippen molar-refractivity contribution in [2.45, 2.75) is 70.0 Å². The van der Waals surface area contributed by atoms with Gasteiger partial charge in [-0.1, -0.05) is 43.9 Å². The number of hydrogen-bond acceptors (Lipinski definition) is 4. The summed E-state index contributed by atoms with van der Waals surface area (Å²) in [5.74, 6) is 0.0220. The highest BCUT2D eigenvalue weighted by atomic mass is 16.2. The molecule has 2 amide bonds. The Morgan fingerprint density at radius 3 is 2.42 bits per heavy atom. The predicted molar refractivity (Wildman–Crippen MR) is 132 cm³/mol. The number of carbonyl (C=O) groups excluding carboxylic acids is 1. The van der Waals surface area contributed by atoms with Crippen LogP contribution in [-0.4, -0.2) is 46.9 Å². The maximum atomic E-state index is 14.4. The summed E-state index contributed by atoms with van der Waals surface area (Å²) in [6.07, 6.45) is 10.4. The summed E-state index contributed by atoms with van der Waals surface area (Å²) in [5, 5.41) is 11.3. The Labute approximate surface area is 196 Å². The summed E-state index contributed by atoms with van der Waals surface area (Å²) < 4.78 is 0. The van der Waals surface area contributed by atoms with Crippen LogP contribution in [0.2, 0.25) is 0 Å². The molecule has 7 nitrogen and oxygen atoms in total. The zero-order valence-corrected chi connectivity index (χ0v) is 19.4. The first kappa shape index (κ1) is 23.2. The van der Waals surface area contributed by atoms with Gasteiger partial charge in [-0.25, -0.2) is 4.79 Å². The highest BCUT2D eigenvalue weighted by Crippen LogP contribution is 2.30. The van der Waals surface area contributed by atoms with Gasteiger partial charge < -0.3 is 16.0 Å². The monoisotopic (exact) mass is 448 g/mol. The largest absolute Gasteiger partial charge is 0.384 e. The summed E-state index contributed by atoms with van der Waals surface area (Å²) in [6.45, 7) is 2.33. The van der Waals surface area contributed by atoms with Crippen LogP contribution in [0.25, 0.3) is 0 Å². The van der Waals surface area contributed by atoms with E-state index >= 15 is 0 Å². The van der Waals surface area contributed by atoms with E-state index in [-0.39, 0.29) is 24.0 Å². The lowest BCUT2D eigenvalue weighted by Gasteiger charge is -2.41. The molecule has 2 aliphatic rings. The molecule has 0 radical (unpaired) electrons. The van der Waals surface area contributed by atoms with Crippen LogP contribution >= 0.6 is 0 Å². The average Bonchev–Trinajstić information content (AvgIpc) is 3.13. The molecule has 33 heavy (non-hydrogen) atoms. The molecule has 0 atom stereocenters. The van der Waals surface area contributed by atoms with Crippen LogP contribution < -0.4 is 16.0 Å². The number of piperidine rings is 1. The van der Waals surface area contributed by atoms with Crippen molar-refractivity contribution < 1.29 is 4.79 Å². The number of carbonyl (C=O) groups is 1. The quantitative estimate of drug-likeness (QED) is 0.349. The first-order valence-corrected chi connectivity index (χ1v) is 12.3. The molecule has 1 saturated carbocycles. The van der Waals surface area contributed by atoms with E-state index in [1.165, 1.54) is 12.8 Å². The van der Waals surface area contributed by atoms with Gasteiger partial charge in [0.05, 0.1) is 12.2 Å². The number of anilines is 1. The third-order valence-electron chi connectivity index (χ3n) is 6.88. The highest BCUT2D eigenvalue weighted by Gasteiger charge is 2.34. The van der Waals surface area contributed by atoms with Gasteiger partial charge in [0.15, 0.2) is 0 Å². The number of benzene rings is 1. The van der Waals surface area contributed by atoms with Crippen molar-refractivity contribution in [3.8, 4) is 0 Å². The molecule has 2 fully saturated rings. The van der Waals surface area contributed by atoms with Gasteiger partial charge in [-0.15, -0.1) is 0 Å². The summed E-state index contributed by atoms with van der Waals surface area (Å²) in [5.41, 5.74) is 8.18. The molecule has 176 valence electrons. The molecule has 0 spiro atoms. The third-order valence-corrected chi connectivity index (χ3v) is 6.88. The molecule has 4 rings (SSSR count). The van der Waals surface area contributed by atoms with Gasteiger partial charge in [-0.05, 0) is 63.0 Å². The van der Waals surface area contributed by atoms with E-state index in [1.807, 2.05) is 52.3 Å². The summed E-state index contributed by atoms with van der Waals surface area (Å²) in [7, 11) is 0. The number of nitrogen functional groups attached to an aromatic ring is 1. The van der Waals surface area contributed by atoms with Crippen molar-refractivity contribution in [3.63, 3.8) is 0 Å². The Morgan fingerprint density at radius 1 is 1.00 bits per heavy atom. The molecule has 1 aliphatic heterocycles. The predicted octanol–water partition coefficient (Wildman–Crippen LogP) is 4.27.